The highest BCUT2D eigenvalue weighted by atomic mass is 16.5. The highest BCUT2D eigenvalue weighted by Crippen LogP contribution is 2.22. The predicted molar refractivity (Wildman–Crippen MR) is 58.0 cm³/mol. The monoisotopic (exact) mass is 211 g/mol. The number of methoxy groups -OCH3 is 1. The molecule has 0 unspecified atom stereocenters. The number of rotatable bonds is 5. The van der Waals surface area contributed by atoms with Crippen LogP contribution in [0.15, 0.2) is 18.2 Å². The van der Waals surface area contributed by atoms with Crippen LogP contribution in [0.4, 0.5) is 0 Å². The Morgan fingerprint density at radius 1 is 1.47 bits per heavy atom. The van der Waals surface area contributed by atoms with Crippen LogP contribution in [0, 0.1) is 0 Å². The maximum atomic E-state index is 9.61. The van der Waals surface area contributed by atoms with Gasteiger partial charge in [-0.25, -0.2) is 0 Å². The maximum Gasteiger partial charge on any atom is 0.123 e. The largest absolute Gasteiger partial charge is 0.507 e. The Hall–Kier alpha value is -1.26. The number of ether oxygens (including phenoxy) is 1. The summed E-state index contributed by atoms with van der Waals surface area (Å²) in [6, 6.07) is 5.15. The Morgan fingerprint density at radius 2 is 2.20 bits per heavy atom. The summed E-state index contributed by atoms with van der Waals surface area (Å²) in [4.78, 5) is 0. The van der Waals surface area contributed by atoms with Gasteiger partial charge in [0.2, 0.25) is 0 Å². The first-order valence-electron chi connectivity index (χ1n) is 4.88. The van der Waals surface area contributed by atoms with Gasteiger partial charge in [0.25, 0.3) is 0 Å². The summed E-state index contributed by atoms with van der Waals surface area (Å²) in [5, 5.41) is 21.7. The first kappa shape index (κ1) is 11.8. The Balaban J connectivity index is 2.54. The summed E-state index contributed by atoms with van der Waals surface area (Å²) in [5.74, 6) is 0.833. The summed E-state index contributed by atoms with van der Waals surface area (Å²) in [6.07, 6.45) is -0.384. The van der Waals surface area contributed by atoms with E-state index in [0.717, 1.165) is 5.56 Å². The van der Waals surface area contributed by atoms with E-state index >= 15 is 0 Å². The van der Waals surface area contributed by atoms with Crippen LogP contribution in [-0.2, 0) is 6.54 Å². The molecule has 3 N–H and O–H groups in total. The molecule has 0 radical (unpaired) electrons. The molecule has 0 heterocycles. The molecule has 0 aliphatic heterocycles. The van der Waals surface area contributed by atoms with Gasteiger partial charge in [0, 0.05) is 24.7 Å². The second kappa shape index (κ2) is 5.58. The van der Waals surface area contributed by atoms with Crippen molar-refractivity contribution in [1.82, 2.24) is 5.32 Å². The summed E-state index contributed by atoms with van der Waals surface area (Å²) in [6.45, 7) is 2.74. The number of aliphatic hydroxyl groups is 1. The van der Waals surface area contributed by atoms with Crippen LogP contribution >= 0.6 is 0 Å². The summed E-state index contributed by atoms with van der Waals surface area (Å²) >= 11 is 0. The van der Waals surface area contributed by atoms with E-state index in [4.69, 9.17) is 9.84 Å². The van der Waals surface area contributed by atoms with Crippen molar-refractivity contribution in [3.63, 3.8) is 0 Å². The fourth-order valence-corrected chi connectivity index (χ4v) is 1.24. The molecule has 15 heavy (non-hydrogen) atoms. The number of aromatic hydroxyl groups is 1. The molecule has 4 heteroatoms. The molecule has 0 aliphatic carbocycles. The number of benzene rings is 1. The smallest absolute Gasteiger partial charge is 0.123 e. The van der Waals surface area contributed by atoms with Gasteiger partial charge in [-0.15, -0.1) is 0 Å². The SMILES string of the molecule is COc1ccc(CNC[C@@H](C)O)c(O)c1. The van der Waals surface area contributed by atoms with E-state index in [1.165, 1.54) is 0 Å². The van der Waals surface area contributed by atoms with Crippen molar-refractivity contribution >= 4 is 0 Å². The van der Waals surface area contributed by atoms with Gasteiger partial charge in [-0.3, -0.25) is 0 Å². The lowest BCUT2D eigenvalue weighted by molar-refractivity contribution is 0.191. The molecule has 1 aromatic rings. The molecule has 4 nitrogen and oxygen atoms in total. The second-order valence-corrected chi connectivity index (χ2v) is 3.47. The summed E-state index contributed by atoms with van der Waals surface area (Å²) < 4.78 is 4.97. The first-order valence-corrected chi connectivity index (χ1v) is 4.88. The normalized spacial score (nSPS) is 12.5. The van der Waals surface area contributed by atoms with Gasteiger partial charge in [-0.2, -0.15) is 0 Å². The second-order valence-electron chi connectivity index (χ2n) is 3.47. The lowest BCUT2D eigenvalue weighted by Crippen LogP contribution is -2.23. The van der Waals surface area contributed by atoms with Gasteiger partial charge >= 0.3 is 0 Å². The number of phenols is 1. The lowest BCUT2D eigenvalue weighted by atomic mass is 10.2. The zero-order chi connectivity index (χ0) is 11.3. The quantitative estimate of drug-likeness (QED) is 0.676. The average Bonchev–Trinajstić information content (AvgIpc) is 2.20. The Bertz CT molecular complexity index is 313. The topological polar surface area (TPSA) is 61.7 Å². The van der Waals surface area contributed by atoms with Crippen molar-refractivity contribution in [1.29, 1.82) is 0 Å². The van der Waals surface area contributed by atoms with Crippen molar-refractivity contribution < 1.29 is 14.9 Å². The van der Waals surface area contributed by atoms with Crippen LogP contribution in [0.25, 0.3) is 0 Å². The molecule has 0 aromatic heterocycles. The minimum absolute atomic E-state index is 0.201. The predicted octanol–water partition coefficient (Wildman–Crippen LogP) is 0.871. The molecule has 0 saturated heterocycles. The van der Waals surface area contributed by atoms with Crippen molar-refractivity contribution in [2.24, 2.45) is 0 Å². The van der Waals surface area contributed by atoms with Crippen LogP contribution in [0.5, 0.6) is 11.5 Å². The van der Waals surface area contributed by atoms with E-state index in [9.17, 15) is 5.11 Å². The highest BCUT2D eigenvalue weighted by Gasteiger charge is 2.03. The van der Waals surface area contributed by atoms with Crippen molar-refractivity contribution in [2.75, 3.05) is 13.7 Å². The molecule has 1 atom stereocenters. The fraction of sp³-hybridized carbons (Fsp3) is 0.455. The summed E-state index contributed by atoms with van der Waals surface area (Å²) in [7, 11) is 1.56. The van der Waals surface area contributed by atoms with Crippen molar-refractivity contribution in [3.05, 3.63) is 23.8 Å². The number of phenolic OH excluding ortho intramolecular Hbond substituents is 1. The molecule has 0 saturated carbocycles. The first-order chi connectivity index (χ1) is 7.13. The number of aliphatic hydroxyl groups excluding tert-OH is 1. The minimum atomic E-state index is -0.384. The van der Waals surface area contributed by atoms with E-state index in [1.54, 1.807) is 32.2 Å². The molecule has 1 rings (SSSR count). The van der Waals surface area contributed by atoms with Gasteiger partial charge in [-0.05, 0) is 13.0 Å². The van der Waals surface area contributed by atoms with Gasteiger partial charge in [0.05, 0.1) is 13.2 Å². The zero-order valence-corrected chi connectivity index (χ0v) is 9.03. The van der Waals surface area contributed by atoms with Gasteiger partial charge < -0.3 is 20.3 Å². The highest BCUT2D eigenvalue weighted by molar-refractivity contribution is 5.39. The van der Waals surface area contributed by atoms with E-state index in [1.807, 2.05) is 0 Å². The molecule has 1 aromatic carbocycles. The number of nitrogens with one attached hydrogen (secondary N) is 1. The van der Waals surface area contributed by atoms with Gasteiger partial charge in [0.1, 0.15) is 11.5 Å². The van der Waals surface area contributed by atoms with E-state index < -0.39 is 0 Å². The van der Waals surface area contributed by atoms with Crippen LogP contribution in [0.2, 0.25) is 0 Å². The third-order valence-electron chi connectivity index (χ3n) is 2.05. The van der Waals surface area contributed by atoms with Crippen LogP contribution in [0.1, 0.15) is 12.5 Å². The standard InChI is InChI=1S/C11H17NO3/c1-8(13)6-12-7-9-3-4-10(15-2)5-11(9)14/h3-5,8,12-14H,6-7H2,1-2H3/t8-/m1/s1. The molecule has 0 fully saturated rings. The number of hydrogen-bond acceptors (Lipinski definition) is 4. The third kappa shape index (κ3) is 3.77. The third-order valence-corrected chi connectivity index (χ3v) is 2.05. The van der Waals surface area contributed by atoms with Crippen molar-refractivity contribution in [3.8, 4) is 11.5 Å². The molecular weight excluding hydrogens is 194 g/mol. The average molecular weight is 211 g/mol. The zero-order valence-electron chi connectivity index (χ0n) is 9.03. The van der Waals surface area contributed by atoms with E-state index in [0.29, 0.717) is 18.8 Å². The molecule has 0 spiro atoms. The Labute approximate surface area is 89.5 Å². The molecule has 0 aliphatic rings. The Kier molecular flexibility index (Phi) is 4.39. The minimum Gasteiger partial charge on any atom is -0.507 e. The molecule has 0 bridgehead atoms. The molecular formula is C11H17NO3. The van der Waals surface area contributed by atoms with Gasteiger partial charge in [0.15, 0.2) is 0 Å². The van der Waals surface area contributed by atoms with E-state index in [-0.39, 0.29) is 11.9 Å². The van der Waals surface area contributed by atoms with Crippen LogP contribution < -0.4 is 10.1 Å². The lowest BCUT2D eigenvalue weighted by Gasteiger charge is -2.09. The maximum absolute atomic E-state index is 9.61. The van der Waals surface area contributed by atoms with Crippen LogP contribution in [-0.4, -0.2) is 30.0 Å². The Morgan fingerprint density at radius 3 is 2.73 bits per heavy atom. The van der Waals surface area contributed by atoms with Crippen LogP contribution in [0.3, 0.4) is 0 Å². The van der Waals surface area contributed by atoms with Gasteiger partial charge in [-0.1, -0.05) is 6.07 Å². The fourth-order valence-electron chi connectivity index (χ4n) is 1.24. The molecule has 84 valence electrons. The summed E-state index contributed by atoms with van der Waals surface area (Å²) in [5.41, 5.74) is 0.788. The van der Waals surface area contributed by atoms with E-state index in [2.05, 4.69) is 5.32 Å². The number of hydrogen-bond donors (Lipinski definition) is 3. The van der Waals surface area contributed by atoms with Crippen molar-refractivity contribution in [2.45, 2.75) is 19.6 Å². The molecule has 0 amide bonds.